The summed E-state index contributed by atoms with van der Waals surface area (Å²) in [6.45, 7) is 3.35. The fraction of sp³-hybridized carbons (Fsp3) is 0.267. The normalized spacial score (nSPS) is 10.3. The van der Waals surface area contributed by atoms with Crippen molar-refractivity contribution in [1.82, 2.24) is 10.5 Å². The van der Waals surface area contributed by atoms with E-state index in [4.69, 9.17) is 14.4 Å². The van der Waals surface area contributed by atoms with Gasteiger partial charge in [0.15, 0.2) is 0 Å². The molecule has 2 rings (SSSR count). The zero-order valence-corrected chi connectivity index (χ0v) is 12.3. The summed E-state index contributed by atoms with van der Waals surface area (Å²) in [6, 6.07) is 6.63. The van der Waals surface area contributed by atoms with E-state index in [-0.39, 0.29) is 12.2 Å². The molecule has 0 spiro atoms. The van der Waals surface area contributed by atoms with Crippen LogP contribution in [0.5, 0.6) is 5.75 Å². The third-order valence-electron chi connectivity index (χ3n) is 3.09. The Hall–Kier alpha value is -2.83. The number of carbonyl (C=O) groups is 2. The molecule has 1 heterocycles. The van der Waals surface area contributed by atoms with Gasteiger partial charge in [0.05, 0.1) is 16.8 Å². The summed E-state index contributed by atoms with van der Waals surface area (Å²) in [5.41, 5.74) is 1.82. The number of aliphatic carboxylic acids is 1. The van der Waals surface area contributed by atoms with Gasteiger partial charge in [-0.2, -0.15) is 0 Å². The third-order valence-corrected chi connectivity index (χ3v) is 3.09. The first-order chi connectivity index (χ1) is 10.5. The van der Waals surface area contributed by atoms with Gasteiger partial charge in [-0.05, 0) is 26.0 Å². The van der Waals surface area contributed by atoms with Gasteiger partial charge in [0, 0.05) is 0 Å². The largest absolute Gasteiger partial charge is 0.488 e. The lowest BCUT2D eigenvalue weighted by Gasteiger charge is -2.11. The zero-order chi connectivity index (χ0) is 16.1. The number of carboxylic acids is 1. The molecule has 0 fully saturated rings. The van der Waals surface area contributed by atoms with E-state index < -0.39 is 18.4 Å². The molecule has 2 N–H and O–H groups in total. The van der Waals surface area contributed by atoms with E-state index in [9.17, 15) is 9.59 Å². The molecule has 116 valence electrons. The Morgan fingerprint density at radius 2 is 2.05 bits per heavy atom. The first-order valence-electron chi connectivity index (χ1n) is 6.62. The van der Waals surface area contributed by atoms with Crippen LogP contribution in [0, 0.1) is 13.8 Å². The lowest BCUT2D eigenvalue weighted by Crippen LogP contribution is -2.29. The maximum absolute atomic E-state index is 12.0. The second-order valence-electron chi connectivity index (χ2n) is 4.66. The molecule has 7 nitrogen and oxygen atoms in total. The van der Waals surface area contributed by atoms with E-state index in [0.29, 0.717) is 11.5 Å². The van der Waals surface area contributed by atoms with Gasteiger partial charge in [-0.15, -0.1) is 0 Å². The van der Waals surface area contributed by atoms with Crippen LogP contribution in [0.4, 0.5) is 0 Å². The Bertz CT molecular complexity index is 673. The monoisotopic (exact) mass is 304 g/mol. The highest BCUT2D eigenvalue weighted by molar-refractivity contribution is 5.98. The molecule has 2 aromatic rings. The number of para-hydroxylation sites is 1. The zero-order valence-electron chi connectivity index (χ0n) is 12.3. The summed E-state index contributed by atoms with van der Waals surface area (Å²) in [4.78, 5) is 22.5. The van der Waals surface area contributed by atoms with Crippen LogP contribution in [0.25, 0.3) is 0 Å². The highest BCUT2D eigenvalue weighted by atomic mass is 16.5. The molecule has 0 unspecified atom stereocenters. The summed E-state index contributed by atoms with van der Waals surface area (Å²) >= 11 is 0. The predicted molar refractivity (Wildman–Crippen MR) is 76.7 cm³/mol. The molecule has 0 atom stereocenters. The molecule has 7 heteroatoms. The van der Waals surface area contributed by atoms with E-state index in [1.165, 1.54) is 0 Å². The Morgan fingerprint density at radius 3 is 2.68 bits per heavy atom. The number of benzene rings is 1. The van der Waals surface area contributed by atoms with Gasteiger partial charge in [0.1, 0.15) is 24.7 Å². The standard InChI is InChI=1S/C15H16N2O5/c1-9-12(10(2)22-17-9)8-21-13-6-4-3-5-11(13)15(20)16-7-14(18)19/h3-6H,7-8H2,1-2H3,(H,16,20)(H,18,19). The van der Waals surface area contributed by atoms with Crippen LogP contribution in [-0.4, -0.2) is 28.7 Å². The molecule has 1 amide bonds. The third kappa shape index (κ3) is 3.63. The van der Waals surface area contributed by atoms with E-state index in [0.717, 1.165) is 11.3 Å². The van der Waals surface area contributed by atoms with Crippen molar-refractivity contribution >= 4 is 11.9 Å². The van der Waals surface area contributed by atoms with Gasteiger partial charge in [-0.25, -0.2) is 0 Å². The molecule has 1 aromatic heterocycles. The number of aryl methyl sites for hydroxylation is 2. The minimum atomic E-state index is -1.11. The second kappa shape index (κ2) is 6.75. The van der Waals surface area contributed by atoms with Gasteiger partial charge in [-0.1, -0.05) is 17.3 Å². The van der Waals surface area contributed by atoms with Gasteiger partial charge >= 0.3 is 5.97 Å². The highest BCUT2D eigenvalue weighted by Gasteiger charge is 2.15. The minimum Gasteiger partial charge on any atom is -0.488 e. The summed E-state index contributed by atoms with van der Waals surface area (Å²) in [6.07, 6.45) is 0. The SMILES string of the molecule is Cc1noc(C)c1COc1ccccc1C(=O)NCC(=O)O. The lowest BCUT2D eigenvalue weighted by atomic mass is 10.2. The summed E-state index contributed by atoms with van der Waals surface area (Å²) in [5, 5.41) is 14.7. The second-order valence-corrected chi connectivity index (χ2v) is 4.66. The number of rotatable bonds is 6. The number of amides is 1. The van der Waals surface area contributed by atoms with E-state index >= 15 is 0 Å². The molecule has 0 aliphatic rings. The van der Waals surface area contributed by atoms with E-state index in [2.05, 4.69) is 10.5 Å². The summed E-state index contributed by atoms with van der Waals surface area (Å²) in [5.74, 6) is -0.588. The van der Waals surface area contributed by atoms with Crippen molar-refractivity contribution in [2.75, 3.05) is 6.54 Å². The Kier molecular flexibility index (Phi) is 4.77. The molecule has 0 saturated heterocycles. The number of carboxylic acid groups (broad SMARTS) is 1. The fourth-order valence-electron chi connectivity index (χ4n) is 1.89. The lowest BCUT2D eigenvalue weighted by molar-refractivity contribution is -0.135. The van der Waals surface area contributed by atoms with Crippen LogP contribution >= 0.6 is 0 Å². The van der Waals surface area contributed by atoms with Crippen molar-refractivity contribution in [3.63, 3.8) is 0 Å². The fourth-order valence-corrected chi connectivity index (χ4v) is 1.89. The van der Waals surface area contributed by atoms with Crippen molar-refractivity contribution in [1.29, 1.82) is 0 Å². The van der Waals surface area contributed by atoms with Crippen LogP contribution in [0.3, 0.4) is 0 Å². The number of aromatic nitrogens is 1. The van der Waals surface area contributed by atoms with Gasteiger partial charge in [0.25, 0.3) is 5.91 Å². The number of nitrogens with one attached hydrogen (secondary N) is 1. The first-order valence-corrected chi connectivity index (χ1v) is 6.62. The molecule has 0 aliphatic carbocycles. The average molecular weight is 304 g/mol. The van der Waals surface area contributed by atoms with E-state index in [1.54, 1.807) is 38.1 Å². The number of ether oxygens (including phenoxy) is 1. The van der Waals surface area contributed by atoms with Gasteiger partial charge in [-0.3, -0.25) is 9.59 Å². The van der Waals surface area contributed by atoms with Crippen LogP contribution < -0.4 is 10.1 Å². The van der Waals surface area contributed by atoms with Crippen molar-refractivity contribution < 1.29 is 24.0 Å². The van der Waals surface area contributed by atoms with Crippen molar-refractivity contribution in [3.8, 4) is 5.75 Å². The number of hydrogen-bond donors (Lipinski definition) is 2. The quantitative estimate of drug-likeness (QED) is 0.842. The summed E-state index contributed by atoms with van der Waals surface area (Å²) in [7, 11) is 0. The molecule has 0 aliphatic heterocycles. The molecule has 1 aromatic carbocycles. The number of nitrogens with zero attached hydrogens (tertiary/aromatic N) is 1. The molecular weight excluding hydrogens is 288 g/mol. The van der Waals surface area contributed by atoms with Crippen LogP contribution in [-0.2, 0) is 11.4 Å². The summed E-state index contributed by atoms with van der Waals surface area (Å²) < 4.78 is 10.7. The molecular formula is C15H16N2O5. The maximum atomic E-state index is 12.0. The molecule has 0 radical (unpaired) electrons. The molecule has 0 saturated carbocycles. The predicted octanol–water partition coefficient (Wildman–Crippen LogP) is 1.68. The van der Waals surface area contributed by atoms with Crippen LogP contribution in [0.1, 0.15) is 27.4 Å². The molecule has 22 heavy (non-hydrogen) atoms. The van der Waals surface area contributed by atoms with Crippen molar-refractivity contribution in [3.05, 3.63) is 46.8 Å². The van der Waals surface area contributed by atoms with Crippen LogP contribution in [0.2, 0.25) is 0 Å². The number of hydrogen-bond acceptors (Lipinski definition) is 5. The Balaban J connectivity index is 2.11. The van der Waals surface area contributed by atoms with Crippen molar-refractivity contribution in [2.24, 2.45) is 0 Å². The van der Waals surface area contributed by atoms with Gasteiger partial charge in [0.2, 0.25) is 0 Å². The van der Waals surface area contributed by atoms with Crippen molar-refractivity contribution in [2.45, 2.75) is 20.5 Å². The minimum absolute atomic E-state index is 0.213. The Labute approximate surface area is 126 Å². The van der Waals surface area contributed by atoms with Crippen LogP contribution in [0.15, 0.2) is 28.8 Å². The Morgan fingerprint density at radius 1 is 1.32 bits per heavy atom. The topological polar surface area (TPSA) is 102 Å². The van der Waals surface area contributed by atoms with E-state index in [1.807, 2.05) is 0 Å². The maximum Gasteiger partial charge on any atom is 0.322 e. The highest BCUT2D eigenvalue weighted by Crippen LogP contribution is 2.21. The average Bonchev–Trinajstić information content (AvgIpc) is 2.82. The number of carbonyl (C=O) groups excluding carboxylic acids is 1. The first kappa shape index (κ1) is 15.6. The molecule has 0 bridgehead atoms. The van der Waals surface area contributed by atoms with Gasteiger partial charge < -0.3 is 19.7 Å². The smallest absolute Gasteiger partial charge is 0.322 e.